The number of aromatic nitrogens is 1. The van der Waals surface area contributed by atoms with Gasteiger partial charge in [-0.2, -0.15) is 3.71 Å². The number of carbonyl (C=O) groups is 1. The van der Waals surface area contributed by atoms with Crippen LogP contribution in [0.25, 0.3) is 11.1 Å². The number of sulfonamides is 2. The molecular formula is C26H31N3O7S2. The zero-order chi connectivity index (χ0) is 28.5. The maximum Gasteiger partial charge on any atom is 0.255 e. The smallest absolute Gasteiger partial charge is 0.255 e. The fourth-order valence-corrected chi connectivity index (χ4v) is 7.03. The summed E-state index contributed by atoms with van der Waals surface area (Å²) in [5, 5.41) is 2.81. The van der Waals surface area contributed by atoms with Gasteiger partial charge in [-0.05, 0) is 65.1 Å². The average Bonchev–Trinajstić information content (AvgIpc) is 2.80. The highest BCUT2D eigenvalue weighted by atomic mass is 32.3. The number of rotatable bonds is 8. The van der Waals surface area contributed by atoms with Crippen molar-refractivity contribution in [1.82, 2.24) is 10.3 Å². The third-order valence-electron chi connectivity index (χ3n) is 5.72. The van der Waals surface area contributed by atoms with E-state index in [2.05, 4.69) is 10.3 Å². The summed E-state index contributed by atoms with van der Waals surface area (Å²) in [5.41, 5.74) is 2.15. The van der Waals surface area contributed by atoms with E-state index in [9.17, 15) is 26.4 Å². The van der Waals surface area contributed by atoms with Crippen molar-refractivity contribution in [3.8, 4) is 16.9 Å². The number of carbonyl (C=O) groups excluding carboxylic acids is 1. The second-order valence-electron chi connectivity index (χ2n) is 9.83. The minimum atomic E-state index is -4.11. The van der Waals surface area contributed by atoms with Gasteiger partial charge in [0.1, 0.15) is 5.75 Å². The predicted octanol–water partition coefficient (Wildman–Crippen LogP) is 3.00. The van der Waals surface area contributed by atoms with Gasteiger partial charge in [-0.3, -0.25) is 9.59 Å². The molecule has 3 rings (SSSR count). The summed E-state index contributed by atoms with van der Waals surface area (Å²) in [7, 11) is -6.66. The Balaban J connectivity index is 1.96. The number of H-pyrrole nitrogens is 1. The van der Waals surface area contributed by atoms with Gasteiger partial charge in [0.2, 0.25) is 20.0 Å². The van der Waals surface area contributed by atoms with Gasteiger partial charge in [0.15, 0.2) is 0 Å². The number of hydrogen-bond donors (Lipinski definition) is 2. The highest BCUT2D eigenvalue weighted by Gasteiger charge is 2.27. The molecule has 0 aliphatic rings. The van der Waals surface area contributed by atoms with E-state index in [1.54, 1.807) is 31.5 Å². The zero-order valence-corrected chi connectivity index (χ0v) is 23.7. The monoisotopic (exact) mass is 561 g/mol. The SMILES string of the molecule is COc1cc(CNC(=O)c2ccc(N(S(C)(=O)=O)S(C)(=O)=O)cc2)c(-c2ccc[nH]c2=O)cc1C(C)(C)C. The minimum Gasteiger partial charge on any atom is -0.496 e. The lowest BCUT2D eigenvalue weighted by atomic mass is 9.83. The van der Waals surface area contributed by atoms with Crippen LogP contribution in [-0.4, -0.2) is 47.3 Å². The quantitative estimate of drug-likeness (QED) is 0.430. The van der Waals surface area contributed by atoms with E-state index >= 15 is 0 Å². The molecule has 2 N–H and O–H groups in total. The molecule has 38 heavy (non-hydrogen) atoms. The Morgan fingerprint density at radius 3 is 2.08 bits per heavy atom. The molecule has 0 aliphatic carbocycles. The van der Waals surface area contributed by atoms with Crippen molar-refractivity contribution in [2.75, 3.05) is 23.3 Å². The maximum atomic E-state index is 12.9. The lowest BCUT2D eigenvalue weighted by molar-refractivity contribution is 0.0951. The number of benzene rings is 2. The summed E-state index contributed by atoms with van der Waals surface area (Å²) in [5.74, 6) is 0.137. The first kappa shape index (κ1) is 28.9. The van der Waals surface area contributed by atoms with Crippen LogP contribution in [0.4, 0.5) is 5.69 Å². The molecule has 2 aromatic carbocycles. The number of hydrogen-bond acceptors (Lipinski definition) is 7. The molecule has 204 valence electrons. The Hall–Kier alpha value is -3.64. The Morgan fingerprint density at radius 1 is 0.974 bits per heavy atom. The maximum absolute atomic E-state index is 12.9. The molecule has 10 nitrogen and oxygen atoms in total. The van der Waals surface area contributed by atoms with Crippen molar-refractivity contribution in [2.45, 2.75) is 32.7 Å². The third kappa shape index (κ3) is 6.43. The Morgan fingerprint density at radius 2 is 1.58 bits per heavy atom. The summed E-state index contributed by atoms with van der Waals surface area (Å²) in [4.78, 5) is 28.2. The van der Waals surface area contributed by atoms with Gasteiger partial charge in [-0.1, -0.05) is 20.8 Å². The van der Waals surface area contributed by atoms with Gasteiger partial charge in [0.05, 0.1) is 25.3 Å². The lowest BCUT2D eigenvalue weighted by Gasteiger charge is -2.25. The molecule has 0 unspecified atom stereocenters. The van der Waals surface area contributed by atoms with Crippen LogP contribution in [0.15, 0.2) is 59.5 Å². The zero-order valence-electron chi connectivity index (χ0n) is 22.0. The third-order valence-corrected chi connectivity index (χ3v) is 8.98. The predicted molar refractivity (Wildman–Crippen MR) is 148 cm³/mol. The van der Waals surface area contributed by atoms with Gasteiger partial charge in [-0.25, -0.2) is 16.8 Å². The number of nitrogens with zero attached hydrogens (tertiary/aromatic N) is 1. The topological polar surface area (TPSA) is 143 Å². The van der Waals surface area contributed by atoms with Crippen LogP contribution in [0.2, 0.25) is 0 Å². The molecule has 0 aliphatic heterocycles. The van der Waals surface area contributed by atoms with Crippen molar-refractivity contribution in [3.05, 3.63) is 81.8 Å². The van der Waals surface area contributed by atoms with Crippen LogP contribution in [-0.2, 0) is 32.0 Å². The molecule has 0 radical (unpaired) electrons. The first-order valence-corrected chi connectivity index (χ1v) is 15.2. The molecule has 1 heterocycles. The van der Waals surface area contributed by atoms with Crippen molar-refractivity contribution in [2.24, 2.45) is 0 Å². The van der Waals surface area contributed by atoms with Crippen LogP contribution in [0.3, 0.4) is 0 Å². The van der Waals surface area contributed by atoms with Crippen LogP contribution >= 0.6 is 0 Å². The Bertz CT molecular complexity index is 1590. The molecule has 0 fully saturated rings. The highest BCUT2D eigenvalue weighted by Crippen LogP contribution is 2.36. The summed E-state index contributed by atoms with van der Waals surface area (Å²) in [6.45, 7) is 6.15. The van der Waals surface area contributed by atoms with E-state index in [-0.39, 0.29) is 28.8 Å². The summed E-state index contributed by atoms with van der Waals surface area (Å²) in [6.07, 6.45) is 3.10. The van der Waals surface area contributed by atoms with E-state index in [0.29, 0.717) is 26.2 Å². The second-order valence-corrected chi connectivity index (χ2v) is 13.7. The first-order valence-electron chi connectivity index (χ1n) is 11.5. The fourth-order valence-electron chi connectivity index (χ4n) is 4.05. The number of amides is 1. The first-order chi connectivity index (χ1) is 17.5. The second kappa shape index (κ2) is 10.6. The lowest BCUT2D eigenvalue weighted by Crippen LogP contribution is -2.35. The Labute approximate surface area is 222 Å². The van der Waals surface area contributed by atoms with Crippen molar-refractivity contribution in [3.63, 3.8) is 0 Å². The average molecular weight is 562 g/mol. The fraction of sp³-hybridized carbons (Fsp3) is 0.308. The van der Waals surface area contributed by atoms with Gasteiger partial charge in [-0.15, -0.1) is 0 Å². The number of methoxy groups -OCH3 is 1. The van der Waals surface area contributed by atoms with Gasteiger partial charge < -0.3 is 15.0 Å². The molecule has 12 heteroatoms. The van der Waals surface area contributed by atoms with E-state index in [4.69, 9.17) is 4.74 Å². The van der Waals surface area contributed by atoms with E-state index in [0.717, 1.165) is 18.1 Å². The van der Waals surface area contributed by atoms with Gasteiger partial charge >= 0.3 is 0 Å². The number of aromatic amines is 1. The molecule has 0 spiro atoms. The van der Waals surface area contributed by atoms with Crippen LogP contribution in [0.1, 0.15) is 42.3 Å². The normalized spacial score (nSPS) is 12.2. The number of pyridine rings is 1. The van der Waals surface area contributed by atoms with Crippen LogP contribution in [0, 0.1) is 0 Å². The largest absolute Gasteiger partial charge is 0.496 e. The molecule has 0 saturated heterocycles. The summed E-state index contributed by atoms with van der Waals surface area (Å²) >= 11 is 0. The molecule has 1 aromatic heterocycles. The number of anilines is 1. The molecule has 0 bridgehead atoms. The van der Waals surface area contributed by atoms with Gasteiger partial charge in [0, 0.05) is 29.4 Å². The summed E-state index contributed by atoms with van der Waals surface area (Å²) in [6, 6.07) is 12.3. The van der Waals surface area contributed by atoms with Crippen molar-refractivity contribution < 1.29 is 26.4 Å². The van der Waals surface area contributed by atoms with Crippen LogP contribution in [0.5, 0.6) is 5.75 Å². The standard InChI is InChI=1S/C26H31N3O7S2/c1-26(2,3)22-15-21(20-8-7-13-27-25(20)31)18(14-23(22)36-4)16-28-24(30)17-9-11-19(12-10-17)29(37(5,32)33)38(6,34)35/h7-15H,16H2,1-6H3,(H,27,31)(H,28,30). The number of ether oxygens (including phenoxy) is 1. The van der Waals surface area contributed by atoms with Gasteiger partial charge in [0.25, 0.3) is 11.5 Å². The van der Waals surface area contributed by atoms with Crippen molar-refractivity contribution >= 4 is 31.6 Å². The molecule has 0 saturated carbocycles. The highest BCUT2D eigenvalue weighted by molar-refractivity contribution is 8.09. The molecule has 1 amide bonds. The van der Waals surface area contributed by atoms with Crippen molar-refractivity contribution in [1.29, 1.82) is 0 Å². The molecule has 0 atom stereocenters. The molecule has 3 aromatic rings. The Kier molecular flexibility index (Phi) is 8.08. The minimum absolute atomic E-state index is 0.0594. The van der Waals surface area contributed by atoms with E-state index in [1.807, 2.05) is 26.8 Å². The van der Waals surface area contributed by atoms with Crippen LogP contribution < -0.4 is 19.3 Å². The van der Waals surface area contributed by atoms with E-state index < -0.39 is 26.0 Å². The van der Waals surface area contributed by atoms with E-state index in [1.165, 1.54) is 24.3 Å². The molecular weight excluding hydrogens is 530 g/mol. The summed E-state index contributed by atoms with van der Waals surface area (Å²) < 4.78 is 53.9. The number of nitrogens with one attached hydrogen (secondary N) is 2.